The number of aromatic nitrogens is 3. The van der Waals surface area contributed by atoms with Crippen LogP contribution in [0.1, 0.15) is 34.8 Å². The fourth-order valence-electron chi connectivity index (χ4n) is 4.42. The number of piperazine rings is 1. The Bertz CT molecular complexity index is 1300. The van der Waals surface area contributed by atoms with Gasteiger partial charge in [0.25, 0.3) is 11.5 Å². The van der Waals surface area contributed by atoms with Crippen LogP contribution < -0.4 is 21.5 Å². The fourth-order valence-corrected chi connectivity index (χ4v) is 4.42. The first-order valence-corrected chi connectivity index (χ1v) is 11.5. The van der Waals surface area contributed by atoms with E-state index in [1.54, 1.807) is 0 Å². The van der Waals surface area contributed by atoms with Crippen molar-refractivity contribution in [1.82, 2.24) is 24.8 Å². The number of pyridine rings is 1. The van der Waals surface area contributed by atoms with Crippen LogP contribution in [0.4, 0.5) is 5.69 Å². The molecule has 1 aliphatic carbocycles. The van der Waals surface area contributed by atoms with Crippen LogP contribution >= 0.6 is 0 Å². The molecule has 9 heteroatoms. The lowest BCUT2D eigenvalue weighted by molar-refractivity contribution is 0.0947. The minimum Gasteiger partial charge on any atom is -0.369 e. The molecule has 172 valence electrons. The minimum atomic E-state index is -0.513. The van der Waals surface area contributed by atoms with Gasteiger partial charge >= 0.3 is 5.69 Å². The number of benzene rings is 1. The molecule has 0 unspecified atom stereocenters. The van der Waals surface area contributed by atoms with Gasteiger partial charge in [-0.05, 0) is 43.5 Å². The SMILES string of the molecule is Cc1cccc(N2CCN(CCNC(=O)c3cnc4c(c3)c(=O)[nH]c(=O)n4C3CC3)CC2)c1. The van der Waals surface area contributed by atoms with Crippen LogP contribution in [0.15, 0.2) is 46.1 Å². The summed E-state index contributed by atoms with van der Waals surface area (Å²) in [6.07, 6.45) is 3.23. The molecule has 3 aromatic rings. The van der Waals surface area contributed by atoms with Gasteiger partial charge in [0.05, 0.1) is 10.9 Å². The monoisotopic (exact) mass is 448 g/mol. The number of hydrogen-bond donors (Lipinski definition) is 2. The largest absolute Gasteiger partial charge is 0.369 e. The standard InChI is InChI=1S/C24H28N6O3/c1-16-3-2-4-19(13-16)29-11-9-28(10-12-29)8-7-25-22(31)17-14-20-21(26-15-17)30(18-5-6-18)24(33)27-23(20)32/h2-4,13-15,18H,5-12H2,1H3,(H,25,31)(H,27,32,33). The van der Waals surface area contributed by atoms with E-state index in [0.717, 1.165) is 45.6 Å². The van der Waals surface area contributed by atoms with Crippen LogP contribution in [0, 0.1) is 6.92 Å². The highest BCUT2D eigenvalue weighted by atomic mass is 16.2. The molecule has 1 aliphatic heterocycles. The molecule has 1 amide bonds. The van der Waals surface area contributed by atoms with Crippen LogP contribution in [0.5, 0.6) is 0 Å². The number of carbonyl (C=O) groups excluding carboxylic acids is 1. The Balaban J connectivity index is 1.17. The second-order valence-electron chi connectivity index (χ2n) is 8.88. The number of fused-ring (bicyclic) bond motifs is 1. The smallest absolute Gasteiger partial charge is 0.330 e. The van der Waals surface area contributed by atoms with Gasteiger partial charge in [-0.1, -0.05) is 12.1 Å². The van der Waals surface area contributed by atoms with Crippen LogP contribution in [0.2, 0.25) is 0 Å². The first kappa shape index (κ1) is 21.4. The van der Waals surface area contributed by atoms with Crippen molar-refractivity contribution in [2.45, 2.75) is 25.8 Å². The highest BCUT2D eigenvalue weighted by Gasteiger charge is 2.28. The van der Waals surface area contributed by atoms with Gasteiger partial charge in [0.15, 0.2) is 0 Å². The van der Waals surface area contributed by atoms with Crippen LogP contribution in [-0.2, 0) is 0 Å². The van der Waals surface area contributed by atoms with Crippen LogP contribution in [0.3, 0.4) is 0 Å². The van der Waals surface area contributed by atoms with Crippen LogP contribution in [-0.4, -0.2) is 64.6 Å². The van der Waals surface area contributed by atoms with E-state index < -0.39 is 11.2 Å². The van der Waals surface area contributed by atoms with E-state index >= 15 is 0 Å². The Morgan fingerprint density at radius 1 is 1.15 bits per heavy atom. The number of nitrogens with one attached hydrogen (secondary N) is 2. The highest BCUT2D eigenvalue weighted by molar-refractivity contribution is 5.96. The van der Waals surface area contributed by atoms with E-state index in [1.807, 2.05) is 0 Å². The third kappa shape index (κ3) is 4.54. The molecular weight excluding hydrogens is 420 g/mol. The molecule has 33 heavy (non-hydrogen) atoms. The van der Waals surface area contributed by atoms with E-state index in [1.165, 1.54) is 28.1 Å². The van der Waals surface area contributed by atoms with Gasteiger partial charge in [0, 0.05) is 57.2 Å². The first-order valence-electron chi connectivity index (χ1n) is 11.5. The van der Waals surface area contributed by atoms with Crippen molar-refractivity contribution in [1.29, 1.82) is 0 Å². The first-order chi connectivity index (χ1) is 16.0. The molecule has 1 saturated carbocycles. The zero-order valence-corrected chi connectivity index (χ0v) is 18.7. The molecule has 9 nitrogen and oxygen atoms in total. The Kier molecular flexibility index (Phi) is 5.72. The number of H-pyrrole nitrogens is 1. The second kappa shape index (κ2) is 8.82. The van der Waals surface area contributed by atoms with Crippen molar-refractivity contribution in [3.63, 3.8) is 0 Å². The number of aryl methyl sites for hydroxylation is 1. The summed E-state index contributed by atoms with van der Waals surface area (Å²) >= 11 is 0. The van der Waals surface area contributed by atoms with Crippen molar-refractivity contribution < 1.29 is 4.79 Å². The Morgan fingerprint density at radius 2 is 1.94 bits per heavy atom. The number of hydrogen-bond acceptors (Lipinski definition) is 6. The van der Waals surface area contributed by atoms with Gasteiger partial charge in [-0.25, -0.2) is 9.78 Å². The zero-order chi connectivity index (χ0) is 22.9. The molecular formula is C24H28N6O3. The number of anilines is 1. The minimum absolute atomic E-state index is 0.0791. The molecule has 2 fully saturated rings. The summed E-state index contributed by atoms with van der Waals surface area (Å²) in [5.41, 5.74) is 2.22. The topological polar surface area (TPSA) is 103 Å². The molecule has 2 aliphatic rings. The number of carbonyl (C=O) groups is 1. The van der Waals surface area contributed by atoms with Gasteiger partial charge in [-0.3, -0.25) is 24.0 Å². The number of nitrogens with zero attached hydrogens (tertiary/aromatic N) is 4. The Hall–Kier alpha value is -3.46. The summed E-state index contributed by atoms with van der Waals surface area (Å²) in [6, 6.07) is 10.2. The fraction of sp³-hybridized carbons (Fsp3) is 0.417. The summed E-state index contributed by atoms with van der Waals surface area (Å²) < 4.78 is 1.52. The van der Waals surface area contributed by atoms with Gasteiger partial charge in [-0.15, -0.1) is 0 Å². The van der Waals surface area contributed by atoms with E-state index in [2.05, 4.69) is 56.3 Å². The van der Waals surface area contributed by atoms with Crippen molar-refractivity contribution >= 4 is 22.6 Å². The Labute approximate surface area is 191 Å². The lowest BCUT2D eigenvalue weighted by atomic mass is 10.2. The molecule has 0 atom stereocenters. The molecule has 1 saturated heterocycles. The average molecular weight is 449 g/mol. The van der Waals surface area contributed by atoms with E-state index in [9.17, 15) is 14.4 Å². The number of rotatable bonds is 6. The van der Waals surface area contributed by atoms with E-state index in [0.29, 0.717) is 17.8 Å². The lowest BCUT2D eigenvalue weighted by Gasteiger charge is -2.36. The van der Waals surface area contributed by atoms with Crippen molar-refractivity contribution in [2.75, 3.05) is 44.2 Å². The van der Waals surface area contributed by atoms with Crippen molar-refractivity contribution in [3.8, 4) is 0 Å². The van der Waals surface area contributed by atoms with Crippen molar-refractivity contribution in [2.24, 2.45) is 0 Å². The Morgan fingerprint density at radius 3 is 2.67 bits per heavy atom. The summed E-state index contributed by atoms with van der Waals surface area (Å²) in [5, 5.41) is 3.19. The molecule has 0 radical (unpaired) electrons. The molecule has 2 N–H and O–H groups in total. The normalized spacial score (nSPS) is 16.8. The molecule has 5 rings (SSSR count). The molecule has 1 aromatic carbocycles. The van der Waals surface area contributed by atoms with Crippen LogP contribution in [0.25, 0.3) is 11.0 Å². The molecule has 0 bridgehead atoms. The average Bonchev–Trinajstić information content (AvgIpc) is 3.64. The lowest BCUT2D eigenvalue weighted by Crippen LogP contribution is -2.48. The van der Waals surface area contributed by atoms with Gasteiger partial charge in [-0.2, -0.15) is 0 Å². The molecule has 3 heterocycles. The predicted molar refractivity (Wildman–Crippen MR) is 127 cm³/mol. The third-order valence-electron chi connectivity index (χ3n) is 6.41. The molecule has 0 spiro atoms. The van der Waals surface area contributed by atoms with Gasteiger partial charge in [0.1, 0.15) is 5.65 Å². The maximum Gasteiger partial charge on any atom is 0.330 e. The quantitative estimate of drug-likeness (QED) is 0.589. The third-order valence-corrected chi connectivity index (χ3v) is 6.41. The maximum absolute atomic E-state index is 12.6. The van der Waals surface area contributed by atoms with Gasteiger partial charge < -0.3 is 10.2 Å². The summed E-state index contributed by atoms with van der Waals surface area (Å²) in [7, 11) is 0. The molecule has 2 aromatic heterocycles. The number of amides is 1. The van der Waals surface area contributed by atoms with E-state index in [4.69, 9.17) is 0 Å². The zero-order valence-electron chi connectivity index (χ0n) is 18.7. The predicted octanol–water partition coefficient (Wildman–Crippen LogP) is 1.28. The highest BCUT2D eigenvalue weighted by Crippen LogP contribution is 2.34. The summed E-state index contributed by atoms with van der Waals surface area (Å²) in [6.45, 7) is 7.17. The van der Waals surface area contributed by atoms with E-state index in [-0.39, 0.29) is 17.3 Å². The number of aromatic amines is 1. The van der Waals surface area contributed by atoms with Crippen molar-refractivity contribution in [3.05, 3.63) is 68.5 Å². The summed E-state index contributed by atoms with van der Waals surface area (Å²) in [5.74, 6) is -0.272. The summed E-state index contributed by atoms with van der Waals surface area (Å²) in [4.78, 5) is 48.4. The van der Waals surface area contributed by atoms with Gasteiger partial charge in [0.2, 0.25) is 0 Å². The maximum atomic E-state index is 12.6. The second-order valence-corrected chi connectivity index (χ2v) is 8.88.